The Bertz CT molecular complexity index is 237. The topological polar surface area (TPSA) is 15.3 Å². The Hall–Kier alpha value is 0.270. The molecular formula is C15H32N2S. The Morgan fingerprint density at radius 1 is 1.17 bits per heavy atom. The van der Waals surface area contributed by atoms with E-state index in [4.69, 9.17) is 0 Å². The largest absolute Gasteiger partial charge is 0.311 e. The number of nitrogens with zero attached hydrogens (tertiary/aromatic N) is 1. The van der Waals surface area contributed by atoms with Crippen molar-refractivity contribution in [1.82, 2.24) is 10.2 Å². The van der Waals surface area contributed by atoms with E-state index in [2.05, 4.69) is 70.4 Å². The van der Waals surface area contributed by atoms with E-state index in [1.165, 1.54) is 13.1 Å². The van der Waals surface area contributed by atoms with Crippen molar-refractivity contribution >= 4 is 11.8 Å². The van der Waals surface area contributed by atoms with E-state index in [-0.39, 0.29) is 5.54 Å². The Labute approximate surface area is 118 Å². The summed E-state index contributed by atoms with van der Waals surface area (Å²) in [5.74, 6) is 0.711. The zero-order chi connectivity index (χ0) is 13.9. The molecule has 0 aromatic heterocycles. The van der Waals surface area contributed by atoms with Crippen molar-refractivity contribution < 1.29 is 0 Å². The predicted octanol–water partition coefficient (Wildman–Crippen LogP) is 3.22. The number of nitrogens with one attached hydrogen (secondary N) is 1. The number of hydrogen-bond acceptors (Lipinski definition) is 3. The van der Waals surface area contributed by atoms with Crippen LogP contribution < -0.4 is 5.32 Å². The van der Waals surface area contributed by atoms with Crippen LogP contribution in [0.4, 0.5) is 0 Å². The average Bonchev–Trinajstić information content (AvgIpc) is 2.13. The SMILES string of the molecule is CC1CN(C(CNC(C)(C)C)C(C)C)CC(C)S1. The summed E-state index contributed by atoms with van der Waals surface area (Å²) < 4.78 is 0. The van der Waals surface area contributed by atoms with Gasteiger partial charge in [0, 0.05) is 41.7 Å². The van der Waals surface area contributed by atoms with Crippen LogP contribution in [0.5, 0.6) is 0 Å². The summed E-state index contributed by atoms with van der Waals surface area (Å²) in [6.07, 6.45) is 0. The first-order valence-corrected chi connectivity index (χ1v) is 8.28. The van der Waals surface area contributed by atoms with Crippen LogP contribution in [0.1, 0.15) is 48.5 Å². The molecule has 0 aromatic carbocycles. The van der Waals surface area contributed by atoms with Gasteiger partial charge >= 0.3 is 0 Å². The predicted molar refractivity (Wildman–Crippen MR) is 84.5 cm³/mol. The van der Waals surface area contributed by atoms with Gasteiger partial charge in [-0.2, -0.15) is 11.8 Å². The summed E-state index contributed by atoms with van der Waals surface area (Å²) >= 11 is 2.14. The van der Waals surface area contributed by atoms with E-state index in [0.29, 0.717) is 12.0 Å². The fourth-order valence-electron chi connectivity index (χ4n) is 2.69. The van der Waals surface area contributed by atoms with Crippen molar-refractivity contribution in [1.29, 1.82) is 0 Å². The molecule has 108 valence electrons. The molecule has 1 N–H and O–H groups in total. The van der Waals surface area contributed by atoms with Gasteiger partial charge in [0.15, 0.2) is 0 Å². The lowest BCUT2D eigenvalue weighted by Gasteiger charge is -2.42. The van der Waals surface area contributed by atoms with Crippen LogP contribution in [0.15, 0.2) is 0 Å². The molecule has 1 saturated heterocycles. The third kappa shape index (κ3) is 5.50. The molecule has 1 aliphatic rings. The van der Waals surface area contributed by atoms with Gasteiger partial charge in [-0.25, -0.2) is 0 Å². The van der Waals surface area contributed by atoms with Gasteiger partial charge in [-0.3, -0.25) is 4.90 Å². The van der Waals surface area contributed by atoms with Crippen molar-refractivity contribution in [3.05, 3.63) is 0 Å². The maximum absolute atomic E-state index is 3.68. The Kier molecular flexibility index (Phi) is 6.01. The van der Waals surface area contributed by atoms with E-state index in [9.17, 15) is 0 Å². The highest BCUT2D eigenvalue weighted by atomic mass is 32.2. The van der Waals surface area contributed by atoms with E-state index in [0.717, 1.165) is 17.0 Å². The highest BCUT2D eigenvalue weighted by Crippen LogP contribution is 2.27. The van der Waals surface area contributed by atoms with Gasteiger partial charge in [-0.05, 0) is 26.7 Å². The number of thioether (sulfide) groups is 1. The molecule has 3 heteroatoms. The highest BCUT2D eigenvalue weighted by Gasteiger charge is 2.30. The van der Waals surface area contributed by atoms with Crippen LogP contribution in [0.25, 0.3) is 0 Å². The molecule has 0 saturated carbocycles. The van der Waals surface area contributed by atoms with E-state index in [1.54, 1.807) is 0 Å². The monoisotopic (exact) mass is 272 g/mol. The van der Waals surface area contributed by atoms with Gasteiger partial charge in [0.2, 0.25) is 0 Å². The van der Waals surface area contributed by atoms with Crippen LogP contribution in [-0.4, -0.2) is 46.6 Å². The molecule has 0 aliphatic carbocycles. The van der Waals surface area contributed by atoms with E-state index >= 15 is 0 Å². The van der Waals surface area contributed by atoms with Crippen LogP contribution in [0.2, 0.25) is 0 Å². The molecule has 18 heavy (non-hydrogen) atoms. The lowest BCUT2D eigenvalue weighted by molar-refractivity contribution is 0.142. The molecule has 1 rings (SSSR count). The van der Waals surface area contributed by atoms with Gasteiger partial charge < -0.3 is 5.32 Å². The van der Waals surface area contributed by atoms with E-state index < -0.39 is 0 Å². The Balaban J connectivity index is 2.60. The van der Waals surface area contributed by atoms with Gasteiger partial charge in [-0.1, -0.05) is 27.7 Å². The minimum atomic E-state index is 0.217. The smallest absolute Gasteiger partial charge is 0.0244 e. The van der Waals surface area contributed by atoms with Crippen molar-refractivity contribution in [3.8, 4) is 0 Å². The average molecular weight is 273 g/mol. The third-order valence-electron chi connectivity index (χ3n) is 3.53. The summed E-state index contributed by atoms with van der Waals surface area (Å²) in [6, 6.07) is 0.662. The first-order chi connectivity index (χ1) is 8.19. The molecule has 1 fully saturated rings. The van der Waals surface area contributed by atoms with Crippen molar-refractivity contribution in [2.45, 2.75) is 70.5 Å². The molecule has 2 nitrogen and oxygen atoms in total. The fourth-order valence-corrected chi connectivity index (χ4v) is 4.03. The molecule has 0 amide bonds. The Morgan fingerprint density at radius 2 is 1.67 bits per heavy atom. The van der Waals surface area contributed by atoms with Crippen LogP contribution in [0.3, 0.4) is 0 Å². The van der Waals surface area contributed by atoms with Gasteiger partial charge in [0.25, 0.3) is 0 Å². The standard InChI is InChI=1S/C15H32N2S/c1-11(2)14(8-16-15(5,6)7)17-9-12(3)18-13(4)10-17/h11-14,16H,8-10H2,1-7H3. The zero-order valence-electron chi connectivity index (χ0n) is 13.3. The molecule has 1 heterocycles. The molecule has 1 aliphatic heterocycles. The second kappa shape index (κ2) is 6.62. The summed E-state index contributed by atoms with van der Waals surface area (Å²) in [5.41, 5.74) is 0.217. The van der Waals surface area contributed by atoms with Crippen molar-refractivity contribution in [2.75, 3.05) is 19.6 Å². The molecule has 3 atom stereocenters. The van der Waals surface area contributed by atoms with Crippen molar-refractivity contribution in [3.63, 3.8) is 0 Å². The highest BCUT2D eigenvalue weighted by molar-refractivity contribution is 8.00. The third-order valence-corrected chi connectivity index (χ3v) is 4.76. The summed E-state index contributed by atoms with van der Waals surface area (Å²) in [4.78, 5) is 2.70. The second-order valence-corrected chi connectivity index (χ2v) is 9.04. The Morgan fingerprint density at radius 3 is 2.06 bits per heavy atom. The molecule has 0 bridgehead atoms. The van der Waals surface area contributed by atoms with E-state index in [1.807, 2.05) is 0 Å². The van der Waals surface area contributed by atoms with Gasteiger partial charge in [-0.15, -0.1) is 0 Å². The number of rotatable bonds is 4. The van der Waals surface area contributed by atoms with Gasteiger partial charge in [0.05, 0.1) is 0 Å². The number of hydrogen-bond donors (Lipinski definition) is 1. The van der Waals surface area contributed by atoms with Gasteiger partial charge in [0.1, 0.15) is 0 Å². The first kappa shape index (κ1) is 16.3. The fraction of sp³-hybridized carbons (Fsp3) is 1.00. The lowest BCUT2D eigenvalue weighted by Crippen LogP contribution is -2.54. The van der Waals surface area contributed by atoms with Crippen LogP contribution in [-0.2, 0) is 0 Å². The van der Waals surface area contributed by atoms with Crippen molar-refractivity contribution in [2.24, 2.45) is 5.92 Å². The zero-order valence-corrected chi connectivity index (χ0v) is 14.1. The maximum atomic E-state index is 3.68. The molecule has 3 unspecified atom stereocenters. The normalized spacial score (nSPS) is 28.7. The summed E-state index contributed by atoms with van der Waals surface area (Å²) in [6.45, 7) is 19.8. The minimum absolute atomic E-state index is 0.217. The van der Waals surface area contributed by atoms with Crippen LogP contribution in [0, 0.1) is 5.92 Å². The maximum Gasteiger partial charge on any atom is 0.0244 e. The molecule has 0 aromatic rings. The summed E-state index contributed by atoms with van der Waals surface area (Å²) in [5, 5.41) is 5.22. The quantitative estimate of drug-likeness (QED) is 0.846. The summed E-state index contributed by atoms with van der Waals surface area (Å²) in [7, 11) is 0. The minimum Gasteiger partial charge on any atom is -0.311 e. The lowest BCUT2D eigenvalue weighted by atomic mass is 9.99. The second-order valence-electron chi connectivity index (χ2n) is 7.15. The molecule has 0 radical (unpaired) electrons. The molecule has 0 spiro atoms. The molecular weight excluding hydrogens is 240 g/mol. The first-order valence-electron chi connectivity index (χ1n) is 7.33. The van der Waals surface area contributed by atoms with Crippen LogP contribution >= 0.6 is 11.8 Å².